The lowest BCUT2D eigenvalue weighted by Gasteiger charge is -2.21. The van der Waals surface area contributed by atoms with Crippen LogP contribution in [0, 0.1) is 0 Å². The molecule has 1 aliphatic rings. The number of anilines is 1. The van der Waals surface area contributed by atoms with Gasteiger partial charge in [0.05, 0.1) is 13.2 Å². The van der Waals surface area contributed by atoms with E-state index in [0.29, 0.717) is 25.3 Å². The molecule has 0 amide bonds. The molecule has 0 saturated carbocycles. The molecule has 21 heavy (non-hydrogen) atoms. The first kappa shape index (κ1) is 16.0. The summed E-state index contributed by atoms with van der Waals surface area (Å²) in [5, 5.41) is 3.62. The molecule has 1 N–H and O–H groups in total. The number of nitrogens with one attached hydrogen (secondary N) is 1. The lowest BCUT2D eigenvalue weighted by Crippen LogP contribution is -2.37. The monoisotopic (exact) mass is 292 g/mol. The molecular formula is C17H28N2O2. The van der Waals surface area contributed by atoms with Crippen LogP contribution < -0.4 is 19.7 Å². The Bertz CT molecular complexity index is 448. The Morgan fingerprint density at radius 3 is 2.57 bits per heavy atom. The van der Waals surface area contributed by atoms with E-state index < -0.39 is 0 Å². The van der Waals surface area contributed by atoms with Crippen LogP contribution in [0.15, 0.2) is 18.2 Å². The average Bonchev–Trinajstić information content (AvgIpc) is 2.89. The van der Waals surface area contributed by atoms with Crippen LogP contribution >= 0.6 is 0 Å². The van der Waals surface area contributed by atoms with Gasteiger partial charge in [-0.1, -0.05) is 13.8 Å². The van der Waals surface area contributed by atoms with Crippen LogP contribution in [0.2, 0.25) is 0 Å². The van der Waals surface area contributed by atoms with Crippen molar-refractivity contribution in [3.63, 3.8) is 0 Å². The average molecular weight is 292 g/mol. The van der Waals surface area contributed by atoms with Gasteiger partial charge in [0.1, 0.15) is 0 Å². The van der Waals surface area contributed by atoms with Gasteiger partial charge >= 0.3 is 0 Å². The summed E-state index contributed by atoms with van der Waals surface area (Å²) < 4.78 is 11.3. The molecular weight excluding hydrogens is 264 g/mol. The predicted molar refractivity (Wildman–Crippen MR) is 87.7 cm³/mol. The highest BCUT2D eigenvalue weighted by Gasteiger charge is 2.23. The highest BCUT2D eigenvalue weighted by molar-refractivity contribution is 5.57. The number of nitrogens with zero attached hydrogens (tertiary/aromatic N) is 1. The summed E-state index contributed by atoms with van der Waals surface area (Å²) in [6.07, 6.45) is 1.19. The fraction of sp³-hybridized carbons (Fsp3) is 0.647. The summed E-state index contributed by atoms with van der Waals surface area (Å²) in [5.41, 5.74) is 1.22. The molecule has 1 saturated heterocycles. The Morgan fingerprint density at radius 2 is 1.90 bits per heavy atom. The summed E-state index contributed by atoms with van der Waals surface area (Å²) in [6.45, 7) is 11.8. The lowest BCUT2D eigenvalue weighted by molar-refractivity contribution is 0.288. The molecule has 2 rings (SSSR count). The molecule has 4 nitrogen and oxygen atoms in total. The lowest BCUT2D eigenvalue weighted by atomic mass is 10.2. The van der Waals surface area contributed by atoms with Crippen LogP contribution in [-0.2, 0) is 0 Å². The van der Waals surface area contributed by atoms with Crippen LogP contribution in [0.3, 0.4) is 0 Å². The van der Waals surface area contributed by atoms with Crippen molar-refractivity contribution in [2.75, 3.05) is 31.2 Å². The second-order valence-electron chi connectivity index (χ2n) is 5.75. The summed E-state index contributed by atoms with van der Waals surface area (Å²) >= 11 is 0. The van der Waals surface area contributed by atoms with Crippen molar-refractivity contribution < 1.29 is 9.47 Å². The minimum Gasteiger partial charge on any atom is -0.490 e. The molecule has 1 aromatic carbocycles. The van der Waals surface area contributed by atoms with Crippen molar-refractivity contribution in [1.82, 2.24) is 5.32 Å². The third kappa shape index (κ3) is 4.27. The largest absolute Gasteiger partial charge is 0.490 e. The van der Waals surface area contributed by atoms with Gasteiger partial charge in [-0.2, -0.15) is 0 Å². The van der Waals surface area contributed by atoms with Crippen LogP contribution in [0.4, 0.5) is 5.69 Å². The fourth-order valence-electron chi connectivity index (χ4n) is 2.84. The number of ether oxygens (including phenoxy) is 2. The van der Waals surface area contributed by atoms with Gasteiger partial charge < -0.3 is 19.7 Å². The summed E-state index contributed by atoms with van der Waals surface area (Å²) in [6, 6.07) is 7.37. The number of rotatable bonds is 7. The number of benzene rings is 1. The summed E-state index contributed by atoms with van der Waals surface area (Å²) in [5.74, 6) is 1.68. The van der Waals surface area contributed by atoms with Crippen LogP contribution in [-0.4, -0.2) is 38.4 Å². The molecule has 4 heteroatoms. The van der Waals surface area contributed by atoms with E-state index >= 15 is 0 Å². The molecule has 1 atom stereocenters. The quantitative estimate of drug-likeness (QED) is 0.837. The van der Waals surface area contributed by atoms with Gasteiger partial charge in [0, 0.05) is 36.9 Å². The SMILES string of the molecule is CCOc1ccc(N2CCC(NC(C)C)C2)cc1OCC. The zero-order valence-electron chi connectivity index (χ0n) is 13.7. The van der Waals surface area contributed by atoms with E-state index in [1.807, 2.05) is 19.9 Å². The van der Waals surface area contributed by atoms with Gasteiger partial charge in [0.15, 0.2) is 11.5 Å². The Balaban J connectivity index is 2.08. The first-order valence-electron chi connectivity index (χ1n) is 8.04. The van der Waals surface area contributed by atoms with Gasteiger partial charge in [0.2, 0.25) is 0 Å². The Labute approximate surface area is 128 Å². The van der Waals surface area contributed by atoms with E-state index in [1.165, 1.54) is 12.1 Å². The van der Waals surface area contributed by atoms with Gasteiger partial charge in [0.25, 0.3) is 0 Å². The standard InChI is InChI=1S/C17H28N2O2/c1-5-20-16-8-7-15(11-17(16)21-6-2)19-10-9-14(12-19)18-13(3)4/h7-8,11,13-14,18H,5-6,9-10,12H2,1-4H3. The Hall–Kier alpha value is -1.42. The van der Waals surface area contributed by atoms with Crippen molar-refractivity contribution >= 4 is 5.69 Å². The molecule has 0 radical (unpaired) electrons. The molecule has 1 aliphatic heterocycles. The molecule has 1 unspecified atom stereocenters. The highest BCUT2D eigenvalue weighted by atomic mass is 16.5. The smallest absolute Gasteiger partial charge is 0.163 e. The Kier molecular flexibility index (Phi) is 5.74. The van der Waals surface area contributed by atoms with Gasteiger partial charge in [-0.25, -0.2) is 0 Å². The van der Waals surface area contributed by atoms with Crippen molar-refractivity contribution in [3.8, 4) is 11.5 Å². The fourth-order valence-corrected chi connectivity index (χ4v) is 2.84. The highest BCUT2D eigenvalue weighted by Crippen LogP contribution is 2.33. The molecule has 0 aromatic heterocycles. The molecule has 0 spiro atoms. The van der Waals surface area contributed by atoms with E-state index in [-0.39, 0.29) is 0 Å². The zero-order chi connectivity index (χ0) is 15.2. The predicted octanol–water partition coefficient (Wildman–Crippen LogP) is 3.06. The van der Waals surface area contributed by atoms with E-state index in [0.717, 1.165) is 24.6 Å². The minimum atomic E-state index is 0.536. The van der Waals surface area contributed by atoms with Gasteiger partial charge in [-0.3, -0.25) is 0 Å². The maximum absolute atomic E-state index is 5.71. The van der Waals surface area contributed by atoms with E-state index in [2.05, 4.69) is 36.2 Å². The second kappa shape index (κ2) is 7.55. The number of hydrogen-bond acceptors (Lipinski definition) is 4. The molecule has 0 aliphatic carbocycles. The molecule has 0 bridgehead atoms. The minimum absolute atomic E-state index is 0.536. The van der Waals surface area contributed by atoms with Crippen molar-refractivity contribution in [3.05, 3.63) is 18.2 Å². The van der Waals surface area contributed by atoms with E-state index in [1.54, 1.807) is 0 Å². The van der Waals surface area contributed by atoms with Crippen molar-refractivity contribution in [1.29, 1.82) is 0 Å². The first-order chi connectivity index (χ1) is 10.1. The zero-order valence-corrected chi connectivity index (χ0v) is 13.7. The third-order valence-electron chi connectivity index (χ3n) is 3.65. The summed E-state index contributed by atoms with van der Waals surface area (Å²) in [4.78, 5) is 2.41. The normalized spacial score (nSPS) is 18.3. The molecule has 118 valence electrons. The maximum Gasteiger partial charge on any atom is 0.163 e. The molecule has 1 heterocycles. The summed E-state index contributed by atoms with van der Waals surface area (Å²) in [7, 11) is 0. The second-order valence-corrected chi connectivity index (χ2v) is 5.75. The molecule has 1 fully saturated rings. The topological polar surface area (TPSA) is 33.7 Å². The molecule has 1 aromatic rings. The van der Waals surface area contributed by atoms with Gasteiger partial charge in [-0.15, -0.1) is 0 Å². The van der Waals surface area contributed by atoms with Crippen molar-refractivity contribution in [2.24, 2.45) is 0 Å². The Morgan fingerprint density at radius 1 is 1.19 bits per heavy atom. The first-order valence-corrected chi connectivity index (χ1v) is 8.04. The number of hydrogen-bond donors (Lipinski definition) is 1. The third-order valence-corrected chi connectivity index (χ3v) is 3.65. The van der Waals surface area contributed by atoms with Gasteiger partial charge in [-0.05, 0) is 32.4 Å². The van der Waals surface area contributed by atoms with Crippen LogP contribution in [0.25, 0.3) is 0 Å². The van der Waals surface area contributed by atoms with E-state index in [4.69, 9.17) is 9.47 Å². The van der Waals surface area contributed by atoms with Crippen LogP contribution in [0.5, 0.6) is 11.5 Å². The van der Waals surface area contributed by atoms with Crippen LogP contribution in [0.1, 0.15) is 34.1 Å². The maximum atomic E-state index is 5.71. The van der Waals surface area contributed by atoms with Crippen molar-refractivity contribution in [2.45, 2.75) is 46.2 Å². The van der Waals surface area contributed by atoms with E-state index in [9.17, 15) is 0 Å².